The van der Waals surface area contributed by atoms with Crippen molar-refractivity contribution in [2.24, 2.45) is 5.41 Å². The lowest BCUT2D eigenvalue weighted by atomic mass is 9.77. The van der Waals surface area contributed by atoms with E-state index in [4.69, 9.17) is 0 Å². The molecule has 0 aromatic rings. The molecule has 0 spiro atoms. The maximum Gasteiger partial charge on any atom is 0.227 e. The van der Waals surface area contributed by atoms with Gasteiger partial charge in [0, 0.05) is 12.6 Å². The van der Waals surface area contributed by atoms with Gasteiger partial charge in [0.1, 0.15) is 0 Å². The molecule has 0 radical (unpaired) electrons. The minimum Gasteiger partial charge on any atom is -0.353 e. The molecule has 1 atom stereocenters. The van der Waals surface area contributed by atoms with E-state index < -0.39 is 0 Å². The molecular weight excluding hydrogens is 188 g/mol. The molecule has 0 bridgehead atoms. The van der Waals surface area contributed by atoms with Crippen LogP contribution in [0, 0.1) is 5.41 Å². The van der Waals surface area contributed by atoms with E-state index in [1.54, 1.807) is 0 Å². The third-order valence-corrected chi connectivity index (χ3v) is 4.07. The fourth-order valence-electron chi connectivity index (χ4n) is 2.52. The number of carbonyl (C=O) groups is 1. The Bertz CT molecular complexity index is 230. The van der Waals surface area contributed by atoms with Crippen LogP contribution in [0.25, 0.3) is 0 Å². The summed E-state index contributed by atoms with van der Waals surface area (Å²) >= 11 is 0. The standard InChI is InChI=1S/C12H22N2O/c1-2-12(7-4-8-13-9-12)11(15)14-10-5-3-6-10/h10,13H,2-9H2,1H3,(H,14,15). The quantitative estimate of drug-likeness (QED) is 0.740. The van der Waals surface area contributed by atoms with Crippen LogP contribution in [0.5, 0.6) is 0 Å². The van der Waals surface area contributed by atoms with Crippen LogP contribution in [0.1, 0.15) is 45.4 Å². The van der Waals surface area contributed by atoms with Crippen molar-refractivity contribution in [1.82, 2.24) is 10.6 Å². The van der Waals surface area contributed by atoms with Gasteiger partial charge in [0.25, 0.3) is 0 Å². The van der Waals surface area contributed by atoms with E-state index in [0.29, 0.717) is 11.9 Å². The molecule has 3 nitrogen and oxygen atoms in total. The number of nitrogens with one attached hydrogen (secondary N) is 2. The van der Waals surface area contributed by atoms with Crippen LogP contribution in [-0.2, 0) is 4.79 Å². The first kappa shape index (κ1) is 10.9. The first-order valence-electron chi connectivity index (χ1n) is 6.28. The Morgan fingerprint density at radius 1 is 1.47 bits per heavy atom. The molecule has 2 aliphatic rings. The second-order valence-corrected chi connectivity index (χ2v) is 5.02. The fourth-order valence-corrected chi connectivity index (χ4v) is 2.52. The fraction of sp³-hybridized carbons (Fsp3) is 0.917. The van der Waals surface area contributed by atoms with Gasteiger partial charge in [0.05, 0.1) is 5.41 Å². The van der Waals surface area contributed by atoms with Crippen molar-refractivity contribution < 1.29 is 4.79 Å². The highest BCUT2D eigenvalue weighted by Gasteiger charge is 2.39. The second-order valence-electron chi connectivity index (χ2n) is 5.02. The summed E-state index contributed by atoms with van der Waals surface area (Å²) in [6, 6.07) is 0.475. The Hall–Kier alpha value is -0.570. The second kappa shape index (κ2) is 4.52. The molecule has 2 fully saturated rings. The van der Waals surface area contributed by atoms with E-state index in [1.807, 2.05) is 0 Å². The average Bonchev–Trinajstić information content (AvgIpc) is 2.24. The number of piperidine rings is 1. The van der Waals surface area contributed by atoms with Gasteiger partial charge in [0.2, 0.25) is 5.91 Å². The van der Waals surface area contributed by atoms with Crippen LogP contribution in [0.3, 0.4) is 0 Å². The van der Waals surface area contributed by atoms with Crippen molar-refractivity contribution in [3.05, 3.63) is 0 Å². The lowest BCUT2D eigenvalue weighted by Crippen LogP contribution is -2.53. The van der Waals surface area contributed by atoms with Crippen molar-refractivity contribution in [2.45, 2.75) is 51.5 Å². The highest BCUT2D eigenvalue weighted by atomic mass is 16.2. The molecule has 1 saturated carbocycles. The number of rotatable bonds is 3. The van der Waals surface area contributed by atoms with E-state index in [0.717, 1.165) is 32.4 Å². The lowest BCUT2D eigenvalue weighted by molar-refractivity contribution is -0.133. The Labute approximate surface area is 92.0 Å². The summed E-state index contributed by atoms with van der Waals surface area (Å²) in [7, 11) is 0. The zero-order valence-electron chi connectivity index (χ0n) is 9.64. The first-order valence-corrected chi connectivity index (χ1v) is 6.28. The molecule has 1 saturated heterocycles. The normalized spacial score (nSPS) is 32.1. The minimum absolute atomic E-state index is 0.117. The largest absolute Gasteiger partial charge is 0.353 e. The maximum absolute atomic E-state index is 12.2. The topological polar surface area (TPSA) is 41.1 Å². The van der Waals surface area contributed by atoms with Crippen LogP contribution in [0.2, 0.25) is 0 Å². The van der Waals surface area contributed by atoms with Gasteiger partial charge < -0.3 is 10.6 Å². The van der Waals surface area contributed by atoms with Crippen LogP contribution >= 0.6 is 0 Å². The number of hydrogen-bond donors (Lipinski definition) is 2. The summed E-state index contributed by atoms with van der Waals surface area (Å²) in [6.45, 7) is 4.06. The Morgan fingerprint density at radius 2 is 2.27 bits per heavy atom. The molecule has 0 aromatic heterocycles. The van der Waals surface area contributed by atoms with Gasteiger partial charge in [-0.05, 0) is 45.1 Å². The summed E-state index contributed by atoms with van der Waals surface area (Å²) in [6.07, 6.45) is 6.78. The van der Waals surface area contributed by atoms with Gasteiger partial charge in [-0.25, -0.2) is 0 Å². The molecule has 86 valence electrons. The molecule has 2 rings (SSSR count). The summed E-state index contributed by atoms with van der Waals surface area (Å²) in [5.41, 5.74) is -0.117. The molecular formula is C12H22N2O. The van der Waals surface area contributed by atoms with E-state index in [-0.39, 0.29) is 5.41 Å². The molecule has 1 heterocycles. The third-order valence-electron chi connectivity index (χ3n) is 4.07. The molecule has 1 aliphatic heterocycles. The van der Waals surface area contributed by atoms with Gasteiger partial charge >= 0.3 is 0 Å². The lowest BCUT2D eigenvalue weighted by Gasteiger charge is -2.38. The monoisotopic (exact) mass is 210 g/mol. The highest BCUT2D eigenvalue weighted by molar-refractivity contribution is 5.83. The van der Waals surface area contributed by atoms with Crippen LogP contribution in [0.15, 0.2) is 0 Å². The van der Waals surface area contributed by atoms with E-state index in [9.17, 15) is 4.79 Å². The number of amides is 1. The van der Waals surface area contributed by atoms with Crippen LogP contribution in [-0.4, -0.2) is 25.0 Å². The zero-order chi connectivity index (χ0) is 10.7. The van der Waals surface area contributed by atoms with Crippen LogP contribution < -0.4 is 10.6 Å². The predicted molar refractivity (Wildman–Crippen MR) is 60.6 cm³/mol. The van der Waals surface area contributed by atoms with E-state index >= 15 is 0 Å². The first-order chi connectivity index (χ1) is 7.27. The predicted octanol–water partition coefficient (Wildman–Crippen LogP) is 1.43. The number of hydrogen-bond acceptors (Lipinski definition) is 2. The van der Waals surface area contributed by atoms with Gasteiger partial charge in [-0.3, -0.25) is 4.79 Å². The zero-order valence-corrected chi connectivity index (χ0v) is 9.64. The van der Waals surface area contributed by atoms with Crippen molar-refractivity contribution >= 4 is 5.91 Å². The van der Waals surface area contributed by atoms with Gasteiger partial charge in [-0.15, -0.1) is 0 Å². The molecule has 3 heteroatoms. The molecule has 0 aromatic carbocycles. The average molecular weight is 210 g/mol. The molecule has 1 aliphatic carbocycles. The van der Waals surface area contributed by atoms with Gasteiger partial charge in [-0.2, -0.15) is 0 Å². The maximum atomic E-state index is 12.2. The van der Waals surface area contributed by atoms with E-state index in [2.05, 4.69) is 17.6 Å². The summed E-state index contributed by atoms with van der Waals surface area (Å²) in [5, 5.41) is 6.55. The number of carbonyl (C=O) groups excluding carboxylic acids is 1. The summed E-state index contributed by atoms with van der Waals surface area (Å²) in [4.78, 5) is 12.2. The Morgan fingerprint density at radius 3 is 2.73 bits per heavy atom. The van der Waals surface area contributed by atoms with Crippen molar-refractivity contribution in [3.63, 3.8) is 0 Å². The van der Waals surface area contributed by atoms with Gasteiger partial charge in [-0.1, -0.05) is 6.92 Å². The summed E-state index contributed by atoms with van der Waals surface area (Å²) < 4.78 is 0. The highest BCUT2D eigenvalue weighted by Crippen LogP contribution is 2.31. The third kappa shape index (κ3) is 2.17. The van der Waals surface area contributed by atoms with Crippen molar-refractivity contribution in [1.29, 1.82) is 0 Å². The van der Waals surface area contributed by atoms with E-state index in [1.165, 1.54) is 19.3 Å². The SMILES string of the molecule is CCC1(C(=O)NC2CCC2)CCCNC1. The van der Waals surface area contributed by atoms with Crippen molar-refractivity contribution in [2.75, 3.05) is 13.1 Å². The Balaban J connectivity index is 1.93. The Kier molecular flexibility index (Phi) is 3.29. The van der Waals surface area contributed by atoms with Gasteiger partial charge in [0.15, 0.2) is 0 Å². The smallest absolute Gasteiger partial charge is 0.227 e. The summed E-state index contributed by atoms with van der Waals surface area (Å²) in [5.74, 6) is 0.293. The van der Waals surface area contributed by atoms with Crippen molar-refractivity contribution in [3.8, 4) is 0 Å². The minimum atomic E-state index is -0.117. The molecule has 2 N–H and O–H groups in total. The molecule has 1 unspecified atom stereocenters. The molecule has 1 amide bonds. The van der Waals surface area contributed by atoms with Crippen LogP contribution in [0.4, 0.5) is 0 Å². The molecule has 15 heavy (non-hydrogen) atoms.